The number of carbonyl (C=O) groups is 2. The number of nitrogens with one attached hydrogen (secondary N) is 1. The second-order valence-electron chi connectivity index (χ2n) is 8.20. The summed E-state index contributed by atoms with van der Waals surface area (Å²) in [6.07, 6.45) is 1.72. The quantitative estimate of drug-likeness (QED) is 0.588. The van der Waals surface area contributed by atoms with Gasteiger partial charge in [0.2, 0.25) is 5.91 Å². The van der Waals surface area contributed by atoms with Crippen LogP contribution in [0.3, 0.4) is 0 Å². The Balaban J connectivity index is 1.46. The first-order valence-electron chi connectivity index (χ1n) is 10.8. The van der Waals surface area contributed by atoms with Crippen LogP contribution in [0, 0.1) is 17.2 Å². The van der Waals surface area contributed by atoms with Gasteiger partial charge in [-0.2, -0.15) is 5.26 Å². The van der Waals surface area contributed by atoms with Crippen LogP contribution < -0.4 is 15.8 Å². The number of methoxy groups -OCH3 is 1. The summed E-state index contributed by atoms with van der Waals surface area (Å²) in [5, 5.41) is 11.9. The van der Waals surface area contributed by atoms with Gasteiger partial charge < -0.3 is 25.4 Å². The molecular formula is C22H30ClN5O4. The molecule has 32 heavy (non-hydrogen) atoms. The fraction of sp³-hybridized carbons (Fsp3) is 0.591. The first-order valence-corrected chi connectivity index (χ1v) is 11.2. The van der Waals surface area contributed by atoms with Crippen LogP contribution >= 0.6 is 11.6 Å². The summed E-state index contributed by atoms with van der Waals surface area (Å²) in [6, 6.07) is 4.97. The van der Waals surface area contributed by atoms with Gasteiger partial charge in [-0.25, -0.2) is 0 Å². The molecule has 2 aliphatic heterocycles. The summed E-state index contributed by atoms with van der Waals surface area (Å²) in [4.78, 5) is 28.7. The number of nitrogens with zero attached hydrogens (tertiary/aromatic N) is 3. The third-order valence-corrected chi connectivity index (χ3v) is 6.32. The summed E-state index contributed by atoms with van der Waals surface area (Å²) in [7, 11) is 1.48. The van der Waals surface area contributed by atoms with E-state index in [1.54, 1.807) is 4.90 Å². The summed E-state index contributed by atoms with van der Waals surface area (Å²) < 4.78 is 11.1. The van der Waals surface area contributed by atoms with Crippen LogP contribution in [-0.2, 0) is 9.53 Å². The largest absolute Gasteiger partial charge is 0.496 e. The second kappa shape index (κ2) is 11.4. The van der Waals surface area contributed by atoms with Gasteiger partial charge in [-0.3, -0.25) is 14.5 Å². The molecule has 2 amide bonds. The zero-order chi connectivity index (χ0) is 23.1. The number of amides is 2. The average molecular weight is 464 g/mol. The molecule has 1 aromatic rings. The SMILES string of the molecule is COc1cc(N)c(Cl)cc1C(=O)NCC1CN(CC2CCN(C(=O)CC#N)CC2)CCO1. The van der Waals surface area contributed by atoms with E-state index in [4.69, 9.17) is 32.1 Å². The Hall–Kier alpha value is -2.54. The lowest BCUT2D eigenvalue weighted by atomic mass is 9.95. The highest BCUT2D eigenvalue weighted by atomic mass is 35.5. The van der Waals surface area contributed by atoms with Crippen molar-refractivity contribution in [2.45, 2.75) is 25.4 Å². The number of anilines is 1. The van der Waals surface area contributed by atoms with Crippen molar-refractivity contribution in [2.24, 2.45) is 5.92 Å². The van der Waals surface area contributed by atoms with Crippen LogP contribution in [0.5, 0.6) is 5.75 Å². The van der Waals surface area contributed by atoms with Gasteiger partial charge >= 0.3 is 0 Å². The van der Waals surface area contributed by atoms with E-state index in [0.717, 1.165) is 32.5 Å². The van der Waals surface area contributed by atoms with E-state index in [1.807, 2.05) is 6.07 Å². The highest BCUT2D eigenvalue weighted by Gasteiger charge is 2.27. The maximum atomic E-state index is 12.6. The third kappa shape index (κ3) is 6.25. The van der Waals surface area contributed by atoms with Crippen LogP contribution in [0.2, 0.25) is 5.02 Å². The Morgan fingerprint density at radius 3 is 2.78 bits per heavy atom. The van der Waals surface area contributed by atoms with Crippen molar-refractivity contribution < 1.29 is 19.1 Å². The fourth-order valence-corrected chi connectivity index (χ4v) is 4.36. The second-order valence-corrected chi connectivity index (χ2v) is 8.60. The van der Waals surface area contributed by atoms with E-state index < -0.39 is 0 Å². The number of nitrogen functional groups attached to an aromatic ring is 1. The van der Waals surface area contributed by atoms with Gasteiger partial charge in [-0.05, 0) is 24.8 Å². The number of piperidine rings is 1. The Morgan fingerprint density at radius 1 is 1.34 bits per heavy atom. The number of nitrogens with two attached hydrogens (primary N) is 1. The number of hydrogen-bond acceptors (Lipinski definition) is 7. The minimum Gasteiger partial charge on any atom is -0.496 e. The third-order valence-electron chi connectivity index (χ3n) is 5.99. The maximum Gasteiger partial charge on any atom is 0.255 e. The van der Waals surface area contributed by atoms with Crippen molar-refractivity contribution >= 4 is 29.1 Å². The van der Waals surface area contributed by atoms with Crippen LogP contribution in [0.4, 0.5) is 5.69 Å². The molecular weight excluding hydrogens is 434 g/mol. The lowest BCUT2D eigenvalue weighted by Crippen LogP contribution is -2.50. The molecule has 0 aromatic heterocycles. The molecule has 9 nitrogen and oxygen atoms in total. The molecule has 2 heterocycles. The standard InChI is InChI=1S/C22H30ClN5O4/c1-31-20-11-19(25)18(23)10-17(20)22(30)26-12-16-14-27(8-9-32-16)13-15-3-6-28(7-4-15)21(29)2-5-24/h10-11,15-16H,2-4,6-9,12-14,25H2,1H3,(H,26,30). The number of hydrogen-bond donors (Lipinski definition) is 2. The Bertz CT molecular complexity index is 867. The molecule has 1 atom stereocenters. The molecule has 3 N–H and O–H groups in total. The van der Waals surface area contributed by atoms with E-state index in [0.29, 0.717) is 54.2 Å². The molecule has 1 unspecified atom stereocenters. The van der Waals surface area contributed by atoms with E-state index in [-0.39, 0.29) is 24.3 Å². The summed E-state index contributed by atoms with van der Waals surface area (Å²) in [5.74, 6) is 0.511. The number of ether oxygens (including phenoxy) is 2. The molecule has 2 aliphatic rings. The van der Waals surface area contributed by atoms with Crippen molar-refractivity contribution in [3.63, 3.8) is 0 Å². The highest BCUT2D eigenvalue weighted by molar-refractivity contribution is 6.33. The van der Waals surface area contributed by atoms with Gasteiger partial charge in [0.1, 0.15) is 12.2 Å². The van der Waals surface area contributed by atoms with Crippen molar-refractivity contribution in [1.29, 1.82) is 5.26 Å². The van der Waals surface area contributed by atoms with Crippen LogP contribution in [-0.4, -0.2) is 80.7 Å². The topological polar surface area (TPSA) is 121 Å². The fourth-order valence-electron chi connectivity index (χ4n) is 4.20. The van der Waals surface area contributed by atoms with Gasteiger partial charge in [0, 0.05) is 45.3 Å². The van der Waals surface area contributed by atoms with Gasteiger partial charge in [-0.15, -0.1) is 0 Å². The van der Waals surface area contributed by atoms with Crippen LogP contribution in [0.15, 0.2) is 12.1 Å². The molecule has 1 aromatic carbocycles. The molecule has 2 saturated heterocycles. The molecule has 2 fully saturated rings. The number of benzene rings is 1. The molecule has 0 aliphatic carbocycles. The highest BCUT2D eigenvalue weighted by Crippen LogP contribution is 2.28. The van der Waals surface area contributed by atoms with Crippen LogP contribution in [0.1, 0.15) is 29.6 Å². The first kappa shape index (κ1) is 24.1. The zero-order valence-electron chi connectivity index (χ0n) is 18.3. The van der Waals surface area contributed by atoms with Crippen LogP contribution in [0.25, 0.3) is 0 Å². The minimum atomic E-state index is -0.293. The molecule has 10 heteroatoms. The number of nitriles is 1. The van der Waals surface area contributed by atoms with Crippen molar-refractivity contribution in [3.8, 4) is 11.8 Å². The molecule has 174 valence electrons. The maximum absolute atomic E-state index is 12.6. The molecule has 0 saturated carbocycles. The zero-order valence-corrected chi connectivity index (χ0v) is 19.1. The molecule has 3 rings (SSSR count). The monoisotopic (exact) mass is 463 g/mol. The lowest BCUT2D eigenvalue weighted by Gasteiger charge is -2.38. The molecule has 0 bridgehead atoms. The van der Waals surface area contributed by atoms with E-state index in [2.05, 4.69) is 10.2 Å². The van der Waals surface area contributed by atoms with Crippen molar-refractivity contribution in [1.82, 2.24) is 15.1 Å². The van der Waals surface area contributed by atoms with E-state index in [9.17, 15) is 9.59 Å². The first-order chi connectivity index (χ1) is 15.4. The lowest BCUT2D eigenvalue weighted by molar-refractivity contribution is -0.131. The number of rotatable bonds is 7. The van der Waals surface area contributed by atoms with E-state index in [1.165, 1.54) is 19.2 Å². The number of carbonyl (C=O) groups excluding carboxylic acids is 2. The van der Waals surface area contributed by atoms with Crippen molar-refractivity contribution in [2.75, 3.05) is 58.7 Å². The van der Waals surface area contributed by atoms with Gasteiger partial charge in [0.15, 0.2) is 0 Å². The average Bonchev–Trinajstić information content (AvgIpc) is 2.80. The van der Waals surface area contributed by atoms with Gasteiger partial charge in [0.25, 0.3) is 5.91 Å². The number of halogens is 1. The number of likely N-dealkylation sites (tertiary alicyclic amines) is 1. The normalized spacial score (nSPS) is 19.9. The smallest absolute Gasteiger partial charge is 0.255 e. The Kier molecular flexibility index (Phi) is 8.56. The predicted molar refractivity (Wildman–Crippen MR) is 120 cm³/mol. The van der Waals surface area contributed by atoms with Gasteiger partial charge in [0.05, 0.1) is 42.2 Å². The predicted octanol–water partition coefficient (Wildman–Crippen LogP) is 1.51. The van der Waals surface area contributed by atoms with E-state index >= 15 is 0 Å². The summed E-state index contributed by atoms with van der Waals surface area (Å²) >= 11 is 6.06. The van der Waals surface area contributed by atoms with Gasteiger partial charge in [-0.1, -0.05) is 11.6 Å². The summed E-state index contributed by atoms with van der Waals surface area (Å²) in [6.45, 7) is 4.92. The molecule has 0 spiro atoms. The number of morpholine rings is 1. The molecule has 0 radical (unpaired) electrons. The van der Waals surface area contributed by atoms with Crippen molar-refractivity contribution in [3.05, 3.63) is 22.7 Å². The minimum absolute atomic E-state index is 0.0457. The summed E-state index contributed by atoms with van der Waals surface area (Å²) in [5.41, 5.74) is 6.47. The Morgan fingerprint density at radius 2 is 2.09 bits per heavy atom. The Labute approximate surface area is 193 Å².